The molecule has 0 aromatic carbocycles. The molecule has 74 valence electrons. The molecule has 0 radical (unpaired) electrons. The molecule has 0 saturated carbocycles. The Bertz CT molecular complexity index is 238. The van der Waals surface area contributed by atoms with Crippen LogP contribution in [0.5, 0.6) is 0 Å². The Morgan fingerprint density at radius 2 is 2.23 bits per heavy atom. The van der Waals surface area contributed by atoms with Crippen LogP contribution in [0.1, 0.15) is 34.1 Å². The van der Waals surface area contributed by atoms with Gasteiger partial charge in [0.15, 0.2) is 5.78 Å². The van der Waals surface area contributed by atoms with Crippen molar-refractivity contribution in [2.45, 2.75) is 34.1 Å². The van der Waals surface area contributed by atoms with Crippen LogP contribution < -0.4 is 0 Å². The van der Waals surface area contributed by atoms with E-state index in [1.165, 1.54) is 0 Å². The van der Waals surface area contributed by atoms with Gasteiger partial charge in [-0.25, -0.2) is 0 Å². The van der Waals surface area contributed by atoms with Gasteiger partial charge in [0, 0.05) is 18.4 Å². The minimum absolute atomic E-state index is 0.0380. The summed E-state index contributed by atoms with van der Waals surface area (Å²) >= 11 is 0. The maximum Gasteiger partial charge on any atom is 0.162 e. The van der Waals surface area contributed by atoms with E-state index < -0.39 is 0 Å². The molecule has 2 nitrogen and oxygen atoms in total. The van der Waals surface area contributed by atoms with E-state index in [2.05, 4.69) is 13.8 Å². The number of ketones is 1. The van der Waals surface area contributed by atoms with Crippen LogP contribution in [0.4, 0.5) is 0 Å². The minimum Gasteiger partial charge on any atom is -0.498 e. The molecule has 13 heavy (non-hydrogen) atoms. The quantitative estimate of drug-likeness (QED) is 0.656. The molecule has 0 aromatic rings. The predicted octanol–water partition coefficient (Wildman–Crippen LogP) is 2.54. The molecule has 0 saturated heterocycles. The van der Waals surface area contributed by atoms with Crippen molar-refractivity contribution >= 4 is 5.78 Å². The zero-order valence-corrected chi connectivity index (χ0v) is 8.89. The van der Waals surface area contributed by atoms with E-state index in [4.69, 9.17) is 4.74 Å². The molecule has 1 aliphatic rings. The van der Waals surface area contributed by atoms with E-state index in [1.54, 1.807) is 6.08 Å². The number of hydrogen-bond donors (Lipinski definition) is 0. The van der Waals surface area contributed by atoms with E-state index in [-0.39, 0.29) is 17.1 Å². The summed E-state index contributed by atoms with van der Waals surface area (Å²) in [4.78, 5) is 11.5. The molecule has 2 heteroatoms. The first-order chi connectivity index (χ1) is 5.97. The van der Waals surface area contributed by atoms with Crippen molar-refractivity contribution in [2.75, 3.05) is 6.61 Å². The number of rotatable bonds is 2. The zero-order chi connectivity index (χ0) is 10.1. The van der Waals surface area contributed by atoms with E-state index in [9.17, 15) is 4.79 Å². The summed E-state index contributed by atoms with van der Waals surface area (Å²) in [5, 5.41) is 0. The normalized spacial score (nSPS) is 26.9. The van der Waals surface area contributed by atoms with Crippen LogP contribution >= 0.6 is 0 Å². The third kappa shape index (κ3) is 2.11. The summed E-state index contributed by atoms with van der Waals surface area (Å²) in [6, 6.07) is 0. The number of carbonyl (C=O) groups excluding carboxylic acids is 1. The fourth-order valence-electron chi connectivity index (χ4n) is 1.60. The SMILES string of the molecule is CCOC1=CC(=O)C(C)C(C)(C)C1. The van der Waals surface area contributed by atoms with Crippen LogP contribution in [-0.4, -0.2) is 12.4 Å². The Morgan fingerprint density at radius 1 is 1.62 bits per heavy atom. The monoisotopic (exact) mass is 182 g/mol. The number of ether oxygens (including phenoxy) is 1. The standard InChI is InChI=1S/C11H18O2/c1-5-13-9-6-10(12)8(2)11(3,4)7-9/h6,8H,5,7H2,1-4H3. The second-order valence-corrected chi connectivity index (χ2v) is 4.33. The van der Waals surface area contributed by atoms with Gasteiger partial charge in [-0.15, -0.1) is 0 Å². The van der Waals surface area contributed by atoms with Gasteiger partial charge in [0.1, 0.15) is 5.76 Å². The largest absolute Gasteiger partial charge is 0.498 e. The highest BCUT2D eigenvalue weighted by Gasteiger charge is 2.35. The third-order valence-corrected chi connectivity index (χ3v) is 2.86. The topological polar surface area (TPSA) is 26.3 Å². The Morgan fingerprint density at radius 3 is 2.69 bits per heavy atom. The lowest BCUT2D eigenvalue weighted by Crippen LogP contribution is -2.32. The lowest BCUT2D eigenvalue weighted by atomic mass is 9.71. The zero-order valence-electron chi connectivity index (χ0n) is 8.89. The van der Waals surface area contributed by atoms with Crippen molar-refractivity contribution in [1.82, 2.24) is 0 Å². The van der Waals surface area contributed by atoms with Gasteiger partial charge in [0.25, 0.3) is 0 Å². The summed E-state index contributed by atoms with van der Waals surface area (Å²) in [5.74, 6) is 1.15. The molecule has 0 amide bonds. The molecule has 0 N–H and O–H groups in total. The Balaban J connectivity index is 2.82. The van der Waals surface area contributed by atoms with E-state index in [0.717, 1.165) is 12.2 Å². The van der Waals surface area contributed by atoms with Gasteiger partial charge >= 0.3 is 0 Å². The van der Waals surface area contributed by atoms with Gasteiger partial charge in [-0.2, -0.15) is 0 Å². The summed E-state index contributed by atoms with van der Waals surface area (Å²) < 4.78 is 5.38. The highest BCUT2D eigenvalue weighted by atomic mass is 16.5. The first-order valence-corrected chi connectivity index (χ1v) is 4.84. The van der Waals surface area contributed by atoms with Gasteiger partial charge in [0.2, 0.25) is 0 Å². The van der Waals surface area contributed by atoms with E-state index in [1.807, 2.05) is 13.8 Å². The van der Waals surface area contributed by atoms with Gasteiger partial charge in [-0.3, -0.25) is 4.79 Å². The second kappa shape index (κ2) is 3.52. The fourth-order valence-corrected chi connectivity index (χ4v) is 1.60. The average Bonchev–Trinajstić information content (AvgIpc) is 2.00. The minimum atomic E-state index is 0.0380. The van der Waals surface area contributed by atoms with Crippen molar-refractivity contribution in [3.05, 3.63) is 11.8 Å². The maximum atomic E-state index is 11.5. The van der Waals surface area contributed by atoms with Gasteiger partial charge in [0.05, 0.1) is 6.61 Å². The van der Waals surface area contributed by atoms with Crippen LogP contribution in [0.25, 0.3) is 0 Å². The summed E-state index contributed by atoms with van der Waals surface area (Å²) in [7, 11) is 0. The number of carbonyl (C=O) groups is 1. The van der Waals surface area contributed by atoms with Gasteiger partial charge in [-0.05, 0) is 12.3 Å². The molecule has 1 atom stereocenters. The van der Waals surface area contributed by atoms with Crippen LogP contribution in [-0.2, 0) is 9.53 Å². The van der Waals surface area contributed by atoms with E-state index in [0.29, 0.717) is 6.61 Å². The van der Waals surface area contributed by atoms with Gasteiger partial charge < -0.3 is 4.74 Å². The van der Waals surface area contributed by atoms with Crippen molar-refractivity contribution in [3.8, 4) is 0 Å². The average molecular weight is 182 g/mol. The molecule has 1 unspecified atom stereocenters. The lowest BCUT2D eigenvalue weighted by Gasteiger charge is -2.34. The molecule has 0 bridgehead atoms. The first kappa shape index (κ1) is 10.3. The molecule has 0 aliphatic heterocycles. The summed E-state index contributed by atoms with van der Waals surface area (Å²) in [6.45, 7) is 8.80. The van der Waals surface area contributed by atoms with E-state index >= 15 is 0 Å². The Labute approximate surface area is 80.0 Å². The first-order valence-electron chi connectivity index (χ1n) is 4.84. The van der Waals surface area contributed by atoms with Crippen LogP contribution in [0.2, 0.25) is 0 Å². The highest BCUT2D eigenvalue weighted by molar-refractivity contribution is 5.93. The summed E-state index contributed by atoms with van der Waals surface area (Å²) in [5.41, 5.74) is 0.0380. The van der Waals surface area contributed by atoms with Gasteiger partial charge in [-0.1, -0.05) is 20.8 Å². The highest BCUT2D eigenvalue weighted by Crippen LogP contribution is 2.38. The van der Waals surface area contributed by atoms with Crippen molar-refractivity contribution < 1.29 is 9.53 Å². The summed E-state index contributed by atoms with van der Waals surface area (Å²) in [6.07, 6.45) is 2.52. The van der Waals surface area contributed by atoms with Crippen molar-refractivity contribution in [1.29, 1.82) is 0 Å². The maximum absolute atomic E-state index is 11.5. The van der Waals surface area contributed by atoms with Crippen LogP contribution in [0.3, 0.4) is 0 Å². The molecular formula is C11H18O2. The lowest BCUT2D eigenvalue weighted by molar-refractivity contribution is -0.122. The molecule has 1 rings (SSSR count). The Hall–Kier alpha value is -0.790. The molecule has 1 aliphatic carbocycles. The second-order valence-electron chi connectivity index (χ2n) is 4.33. The molecule has 0 fully saturated rings. The molecule has 0 heterocycles. The fraction of sp³-hybridized carbons (Fsp3) is 0.727. The predicted molar refractivity (Wildman–Crippen MR) is 52.3 cm³/mol. The molecule has 0 spiro atoms. The number of hydrogen-bond acceptors (Lipinski definition) is 2. The van der Waals surface area contributed by atoms with Crippen LogP contribution in [0.15, 0.2) is 11.8 Å². The molecular weight excluding hydrogens is 164 g/mol. The third-order valence-electron chi connectivity index (χ3n) is 2.86. The molecule has 0 aromatic heterocycles. The van der Waals surface area contributed by atoms with Crippen molar-refractivity contribution in [3.63, 3.8) is 0 Å². The number of allylic oxidation sites excluding steroid dienone is 2. The smallest absolute Gasteiger partial charge is 0.162 e. The van der Waals surface area contributed by atoms with Crippen LogP contribution in [0, 0.1) is 11.3 Å². The Kier molecular flexibility index (Phi) is 2.79. The van der Waals surface area contributed by atoms with Crippen molar-refractivity contribution in [2.24, 2.45) is 11.3 Å².